The molecule has 0 radical (unpaired) electrons. The van der Waals surface area contributed by atoms with Crippen LogP contribution in [-0.4, -0.2) is 35.9 Å². The minimum atomic E-state index is -1.02. The zero-order valence-electron chi connectivity index (χ0n) is 14.9. The van der Waals surface area contributed by atoms with Crippen molar-refractivity contribution in [3.05, 3.63) is 0 Å². The van der Waals surface area contributed by atoms with Gasteiger partial charge in [-0.1, -0.05) is 0 Å². The predicted molar refractivity (Wildman–Crippen MR) is 85.0 cm³/mol. The van der Waals surface area contributed by atoms with Crippen LogP contribution in [0.15, 0.2) is 0 Å². The van der Waals surface area contributed by atoms with Crippen molar-refractivity contribution in [2.45, 2.75) is 72.0 Å². The predicted octanol–water partition coefficient (Wildman–Crippen LogP) is 0.615. The summed E-state index contributed by atoms with van der Waals surface area (Å²) in [5, 5.41) is 5.44. The Morgan fingerprint density at radius 3 is 1.91 bits per heavy atom. The van der Waals surface area contributed by atoms with Gasteiger partial charge in [0.15, 0.2) is 0 Å². The highest BCUT2D eigenvalue weighted by molar-refractivity contribution is 5.88. The lowest BCUT2D eigenvalue weighted by molar-refractivity contribution is -0.201. The lowest BCUT2D eigenvalue weighted by Gasteiger charge is -2.50. The average Bonchev–Trinajstić information content (AvgIpc) is 2.35. The Kier molecular flexibility index (Phi) is 6.75. The number of carbonyl (C=O) groups is 2. The molecule has 0 aliphatic heterocycles. The summed E-state index contributed by atoms with van der Waals surface area (Å²) in [6.07, 6.45) is 1.31. The van der Waals surface area contributed by atoms with Gasteiger partial charge in [0.1, 0.15) is 11.4 Å². The Labute approximate surface area is 133 Å². The Balaban J connectivity index is 5.58. The monoisotopic (exact) mass is 315 g/mol. The van der Waals surface area contributed by atoms with E-state index in [0.717, 1.165) is 0 Å². The van der Waals surface area contributed by atoms with Gasteiger partial charge in [-0.3, -0.25) is 20.7 Å². The third-order valence-electron chi connectivity index (χ3n) is 4.74. The SMILES string of the molecule is COC(C)(C)C(C)(C(=O)CCCC(N)=[NH2+])C(C)(C)OC(C)=O. The number of methoxy groups -OCH3 is 1. The van der Waals surface area contributed by atoms with E-state index in [2.05, 4.69) is 0 Å². The summed E-state index contributed by atoms with van der Waals surface area (Å²) < 4.78 is 11.0. The average molecular weight is 315 g/mol. The molecule has 0 heterocycles. The molecule has 0 fully saturated rings. The molecule has 1 atom stereocenters. The fraction of sp³-hybridized carbons (Fsp3) is 0.812. The van der Waals surface area contributed by atoms with Gasteiger partial charge in [-0.15, -0.1) is 0 Å². The molecule has 0 aromatic carbocycles. The minimum absolute atomic E-state index is 0.0492. The second-order valence-corrected chi connectivity index (χ2v) is 6.80. The topological polar surface area (TPSA) is 104 Å². The van der Waals surface area contributed by atoms with E-state index in [4.69, 9.17) is 20.6 Å². The summed E-state index contributed by atoms with van der Waals surface area (Å²) in [7, 11) is 1.54. The fourth-order valence-electron chi connectivity index (χ4n) is 2.77. The van der Waals surface area contributed by atoms with Gasteiger partial charge >= 0.3 is 5.97 Å². The molecular formula is C16H31N2O4+. The lowest BCUT2D eigenvalue weighted by Crippen LogP contribution is -2.61. The van der Waals surface area contributed by atoms with Crippen LogP contribution in [0.25, 0.3) is 0 Å². The van der Waals surface area contributed by atoms with Crippen LogP contribution in [0, 0.1) is 5.41 Å². The highest BCUT2D eigenvalue weighted by Crippen LogP contribution is 2.47. The molecule has 128 valence electrons. The maximum atomic E-state index is 12.9. The van der Waals surface area contributed by atoms with Crippen molar-refractivity contribution in [2.24, 2.45) is 11.1 Å². The van der Waals surface area contributed by atoms with Crippen molar-refractivity contribution < 1.29 is 24.5 Å². The molecule has 0 aromatic heterocycles. The molecule has 6 nitrogen and oxygen atoms in total. The second kappa shape index (κ2) is 7.22. The van der Waals surface area contributed by atoms with Crippen LogP contribution >= 0.6 is 0 Å². The van der Waals surface area contributed by atoms with Crippen molar-refractivity contribution in [1.82, 2.24) is 0 Å². The molecule has 0 aliphatic carbocycles. The largest absolute Gasteiger partial charge is 0.459 e. The summed E-state index contributed by atoms with van der Waals surface area (Å²) in [5.41, 5.74) is 2.58. The molecule has 4 N–H and O–H groups in total. The van der Waals surface area contributed by atoms with Crippen molar-refractivity contribution in [3.8, 4) is 0 Å². The van der Waals surface area contributed by atoms with Crippen LogP contribution in [0.4, 0.5) is 0 Å². The summed E-state index contributed by atoms with van der Waals surface area (Å²) in [6, 6.07) is 0. The molecule has 0 amide bonds. The Morgan fingerprint density at radius 1 is 1.05 bits per heavy atom. The molecule has 0 bridgehead atoms. The zero-order valence-corrected chi connectivity index (χ0v) is 14.9. The Bertz CT molecular complexity index is 443. The number of ketones is 1. The summed E-state index contributed by atoms with van der Waals surface area (Å²) >= 11 is 0. The van der Waals surface area contributed by atoms with Crippen LogP contribution in [-0.2, 0) is 19.1 Å². The number of rotatable bonds is 9. The number of amidine groups is 1. The summed E-state index contributed by atoms with van der Waals surface area (Å²) in [4.78, 5) is 24.4. The van der Waals surface area contributed by atoms with Crippen LogP contribution < -0.4 is 11.1 Å². The highest BCUT2D eigenvalue weighted by Gasteiger charge is 2.58. The first-order chi connectivity index (χ1) is 9.81. The second-order valence-electron chi connectivity index (χ2n) is 6.80. The van der Waals surface area contributed by atoms with Gasteiger partial charge in [-0.2, -0.15) is 0 Å². The third-order valence-corrected chi connectivity index (χ3v) is 4.74. The maximum Gasteiger partial charge on any atom is 0.303 e. The van der Waals surface area contributed by atoms with E-state index >= 15 is 0 Å². The van der Waals surface area contributed by atoms with Gasteiger partial charge in [0, 0.05) is 26.9 Å². The maximum absolute atomic E-state index is 12.9. The minimum Gasteiger partial charge on any atom is -0.459 e. The number of hydrogen-bond donors (Lipinski definition) is 2. The normalized spacial score (nSPS) is 15.0. The Morgan fingerprint density at radius 2 is 1.55 bits per heavy atom. The molecule has 0 spiro atoms. The molecule has 0 aromatic rings. The molecule has 0 aliphatic rings. The number of ether oxygens (including phenoxy) is 2. The van der Waals surface area contributed by atoms with E-state index in [1.165, 1.54) is 6.92 Å². The summed E-state index contributed by atoms with van der Waals surface area (Å²) in [6.45, 7) is 10.2. The first-order valence-corrected chi connectivity index (χ1v) is 7.46. The van der Waals surface area contributed by atoms with Crippen LogP contribution in [0.5, 0.6) is 0 Å². The van der Waals surface area contributed by atoms with E-state index < -0.39 is 22.6 Å². The van der Waals surface area contributed by atoms with Gasteiger partial charge in [0.25, 0.3) is 0 Å². The van der Waals surface area contributed by atoms with E-state index in [9.17, 15) is 9.59 Å². The summed E-state index contributed by atoms with van der Waals surface area (Å²) in [5.74, 6) is -0.179. The van der Waals surface area contributed by atoms with Gasteiger partial charge in [0.05, 0.1) is 11.0 Å². The van der Waals surface area contributed by atoms with Crippen molar-refractivity contribution in [3.63, 3.8) is 0 Å². The highest BCUT2D eigenvalue weighted by atomic mass is 16.6. The van der Waals surface area contributed by atoms with Crippen molar-refractivity contribution in [2.75, 3.05) is 7.11 Å². The number of Topliss-reactive ketones (excluding diaryl/α,β-unsaturated/α-hetero) is 1. The van der Waals surface area contributed by atoms with Gasteiger partial charge < -0.3 is 9.47 Å². The third kappa shape index (κ3) is 4.29. The standard InChI is InChI=1S/C16H30N2O4/c1-11(19)22-15(4,5)16(6,14(2,3)21-7)12(20)9-8-10-13(17)18/h8-10H2,1-7H3,(H3,17,18)/p+1. The van der Waals surface area contributed by atoms with Gasteiger partial charge in [-0.05, 0) is 41.0 Å². The smallest absolute Gasteiger partial charge is 0.303 e. The van der Waals surface area contributed by atoms with Crippen LogP contribution in [0.2, 0.25) is 0 Å². The van der Waals surface area contributed by atoms with E-state index in [-0.39, 0.29) is 12.2 Å². The van der Waals surface area contributed by atoms with E-state index in [1.807, 2.05) is 13.8 Å². The van der Waals surface area contributed by atoms with E-state index in [1.54, 1.807) is 27.9 Å². The van der Waals surface area contributed by atoms with Crippen LogP contribution in [0.1, 0.15) is 60.8 Å². The quantitative estimate of drug-likeness (QED) is 0.369. The van der Waals surface area contributed by atoms with Gasteiger partial charge in [0.2, 0.25) is 5.84 Å². The molecule has 0 saturated heterocycles. The molecule has 0 rings (SSSR count). The fourth-order valence-corrected chi connectivity index (χ4v) is 2.77. The lowest BCUT2D eigenvalue weighted by atomic mass is 9.61. The van der Waals surface area contributed by atoms with Crippen molar-refractivity contribution >= 4 is 17.6 Å². The molecule has 1 unspecified atom stereocenters. The number of carbonyl (C=O) groups excluding carboxylic acids is 2. The Hall–Kier alpha value is -1.43. The number of hydrogen-bond acceptors (Lipinski definition) is 4. The number of nitrogens with two attached hydrogens (primary N) is 2. The van der Waals surface area contributed by atoms with Crippen molar-refractivity contribution in [1.29, 1.82) is 0 Å². The van der Waals surface area contributed by atoms with E-state index in [0.29, 0.717) is 18.7 Å². The first kappa shape index (κ1) is 20.6. The first-order valence-electron chi connectivity index (χ1n) is 7.46. The van der Waals surface area contributed by atoms with Gasteiger partial charge in [-0.25, -0.2) is 0 Å². The number of esters is 1. The molecular weight excluding hydrogens is 284 g/mol. The van der Waals surface area contributed by atoms with Crippen LogP contribution in [0.3, 0.4) is 0 Å². The molecule has 0 saturated carbocycles. The molecule has 22 heavy (non-hydrogen) atoms. The molecule has 6 heteroatoms. The zero-order chi connectivity index (χ0) is 17.8.